The highest BCUT2D eigenvalue weighted by molar-refractivity contribution is 6.15. The van der Waals surface area contributed by atoms with Crippen LogP contribution in [0.5, 0.6) is 0 Å². The Morgan fingerprint density at radius 3 is 2.08 bits per heavy atom. The van der Waals surface area contributed by atoms with Crippen LogP contribution in [0.25, 0.3) is 22.2 Å². The second-order valence-corrected chi connectivity index (χ2v) is 10.2. The first-order chi connectivity index (χ1) is 19.1. The molecule has 0 N–H and O–H groups in total. The molecular weight excluding hydrogens is 506 g/mol. The third-order valence-corrected chi connectivity index (χ3v) is 6.82. The molecule has 4 rings (SSSR count). The molecular formula is C32H31N3O5. The van der Waals surface area contributed by atoms with Crippen LogP contribution in [0.2, 0.25) is 0 Å². The van der Waals surface area contributed by atoms with Crippen LogP contribution in [0.3, 0.4) is 0 Å². The van der Waals surface area contributed by atoms with Gasteiger partial charge in [0.25, 0.3) is 0 Å². The van der Waals surface area contributed by atoms with Crippen molar-refractivity contribution in [1.82, 2.24) is 14.6 Å². The Hall–Kier alpha value is -4.82. The van der Waals surface area contributed by atoms with E-state index in [0.717, 1.165) is 12.7 Å². The number of carbonyl (C=O) groups is 3. The Kier molecular flexibility index (Phi) is 7.84. The molecule has 0 aliphatic rings. The summed E-state index contributed by atoms with van der Waals surface area (Å²) in [7, 11) is 1.06. The molecule has 4 aromatic rings. The number of imide groups is 1. The summed E-state index contributed by atoms with van der Waals surface area (Å²) in [5, 5.41) is 13.6. The number of carboxylic acid groups (broad SMARTS) is 1. The van der Waals surface area contributed by atoms with Crippen molar-refractivity contribution in [3.63, 3.8) is 0 Å². The third-order valence-electron chi connectivity index (χ3n) is 6.82. The number of ether oxygens (including phenoxy) is 1. The van der Waals surface area contributed by atoms with E-state index in [2.05, 4.69) is 6.58 Å². The lowest BCUT2D eigenvalue weighted by Crippen LogP contribution is -2.77. The summed E-state index contributed by atoms with van der Waals surface area (Å²) in [6.45, 7) is 8.97. The van der Waals surface area contributed by atoms with Gasteiger partial charge >= 0.3 is 12.0 Å². The van der Waals surface area contributed by atoms with Gasteiger partial charge in [-0.3, -0.25) is 0 Å². The predicted molar refractivity (Wildman–Crippen MR) is 153 cm³/mol. The molecule has 0 radical (unpaired) electrons. The number of allylic oxidation sites excluding steroid dienone is 1. The number of rotatable bonds is 5. The minimum absolute atomic E-state index is 0.221. The van der Waals surface area contributed by atoms with E-state index >= 15 is 4.79 Å². The highest BCUT2D eigenvalue weighted by Crippen LogP contribution is 2.41. The van der Waals surface area contributed by atoms with Crippen molar-refractivity contribution in [2.75, 3.05) is 7.11 Å². The lowest BCUT2D eigenvalue weighted by molar-refractivity contribution is -0.275. The largest absolute Gasteiger partial charge is 0.526 e. The number of methoxy groups -OCH3 is 1. The number of quaternary nitrogens is 1. The highest BCUT2D eigenvalue weighted by atomic mass is 16.6. The van der Waals surface area contributed by atoms with E-state index in [1.165, 1.54) is 0 Å². The summed E-state index contributed by atoms with van der Waals surface area (Å²) in [4.78, 5) is 46.2. The fourth-order valence-electron chi connectivity index (χ4n) is 5.20. The Morgan fingerprint density at radius 2 is 1.52 bits per heavy atom. The highest BCUT2D eigenvalue weighted by Gasteiger charge is 2.59. The number of hydrogen-bond donors (Lipinski definition) is 0. The standard InChI is InChI=1S/C32H31N3O5/c1-6-15-25-27(24-20-13-14-21-26(24)33-28(25)22-16-9-7-10-17-22)29(36)35(32(2,3)4,23-18-11-8-12-19-23)34(30(37)38)31(39)40-5/h6-14,16-21H,1,15H2,2-5H3. The van der Waals surface area contributed by atoms with Gasteiger partial charge in [0.15, 0.2) is 5.69 Å². The number of hydrogen-bond acceptors (Lipinski definition) is 6. The molecule has 1 aromatic heterocycles. The van der Waals surface area contributed by atoms with Crippen LogP contribution in [0.4, 0.5) is 15.3 Å². The number of carbonyl (C=O) groups excluding carboxylic acids is 3. The summed E-state index contributed by atoms with van der Waals surface area (Å²) >= 11 is 0. The molecule has 1 unspecified atom stereocenters. The fourth-order valence-corrected chi connectivity index (χ4v) is 5.20. The van der Waals surface area contributed by atoms with E-state index < -0.39 is 28.2 Å². The van der Waals surface area contributed by atoms with E-state index in [-0.39, 0.29) is 17.7 Å². The predicted octanol–water partition coefficient (Wildman–Crippen LogP) is 5.90. The molecule has 3 amide bonds. The van der Waals surface area contributed by atoms with Gasteiger partial charge in [-0.15, -0.1) is 11.2 Å². The summed E-state index contributed by atoms with van der Waals surface area (Å²) in [6, 6.07) is 24.9. The molecule has 1 heterocycles. The van der Waals surface area contributed by atoms with Gasteiger partial charge in [-0.1, -0.05) is 77.8 Å². The van der Waals surface area contributed by atoms with Crippen molar-refractivity contribution < 1.29 is 24.2 Å². The normalized spacial score (nSPS) is 12.8. The molecule has 0 bridgehead atoms. The van der Waals surface area contributed by atoms with Crippen LogP contribution < -0.4 is 9.70 Å². The van der Waals surface area contributed by atoms with E-state index in [1.54, 1.807) is 75.4 Å². The van der Waals surface area contributed by atoms with Crippen molar-refractivity contribution in [1.29, 1.82) is 0 Å². The molecule has 0 aliphatic carbocycles. The summed E-state index contributed by atoms with van der Waals surface area (Å²) in [6.07, 6.45) is -1.21. The zero-order valence-corrected chi connectivity index (χ0v) is 23.0. The molecule has 0 aliphatic heterocycles. The zero-order chi connectivity index (χ0) is 29.1. The van der Waals surface area contributed by atoms with E-state index in [0.29, 0.717) is 27.2 Å². The smallest absolute Gasteiger partial charge is 0.461 e. The van der Waals surface area contributed by atoms with Crippen LogP contribution in [0, 0.1) is 0 Å². The van der Waals surface area contributed by atoms with E-state index in [4.69, 9.17) is 9.72 Å². The average molecular weight is 538 g/mol. The Balaban J connectivity index is 2.24. The van der Waals surface area contributed by atoms with Gasteiger partial charge < -0.3 is 14.6 Å². The number of para-hydroxylation sites is 2. The average Bonchev–Trinajstić information content (AvgIpc) is 2.95. The number of amides is 3. The lowest BCUT2D eigenvalue weighted by Gasteiger charge is -2.49. The quantitative estimate of drug-likeness (QED) is 0.178. The van der Waals surface area contributed by atoms with Gasteiger partial charge in [-0.05, 0) is 38.8 Å². The molecule has 1 atom stereocenters. The molecule has 40 heavy (non-hydrogen) atoms. The number of nitrogens with zero attached hydrogens (tertiary/aromatic N) is 3. The van der Waals surface area contributed by atoms with Gasteiger partial charge in [0, 0.05) is 23.1 Å². The van der Waals surface area contributed by atoms with Crippen molar-refractivity contribution in [2.24, 2.45) is 0 Å². The van der Waals surface area contributed by atoms with E-state index in [9.17, 15) is 14.7 Å². The van der Waals surface area contributed by atoms with Gasteiger partial charge in [0.05, 0.1) is 23.9 Å². The molecule has 0 fully saturated rings. The van der Waals surface area contributed by atoms with Crippen LogP contribution in [0.1, 0.15) is 36.7 Å². The topological polar surface area (TPSA) is 99.6 Å². The number of fused-ring (bicyclic) bond motifs is 1. The minimum atomic E-state index is -1.88. The van der Waals surface area contributed by atoms with Gasteiger partial charge in [0.2, 0.25) is 6.09 Å². The van der Waals surface area contributed by atoms with Crippen LogP contribution in [0.15, 0.2) is 97.6 Å². The Morgan fingerprint density at radius 1 is 0.950 bits per heavy atom. The molecule has 8 heteroatoms. The summed E-state index contributed by atoms with van der Waals surface area (Å²) < 4.78 is 3.84. The minimum Gasteiger partial charge on any atom is -0.526 e. The van der Waals surface area contributed by atoms with Crippen molar-refractivity contribution >= 4 is 34.7 Å². The second kappa shape index (κ2) is 11.1. The van der Waals surface area contributed by atoms with Gasteiger partial charge in [0.1, 0.15) is 5.54 Å². The van der Waals surface area contributed by atoms with Crippen molar-refractivity contribution in [3.8, 4) is 11.3 Å². The maximum Gasteiger partial charge on any atom is 0.461 e. The number of aromatic nitrogens is 1. The maximum atomic E-state index is 15.3. The van der Waals surface area contributed by atoms with Crippen molar-refractivity contribution in [2.45, 2.75) is 32.7 Å². The first kappa shape index (κ1) is 28.2. The first-order valence-electron chi connectivity index (χ1n) is 12.8. The Bertz CT molecular complexity index is 1580. The lowest BCUT2D eigenvalue weighted by atomic mass is 9.91. The molecule has 0 saturated carbocycles. The van der Waals surface area contributed by atoms with Gasteiger partial charge in [-0.2, -0.15) is 0 Å². The van der Waals surface area contributed by atoms with E-state index in [1.807, 2.05) is 36.4 Å². The first-order valence-corrected chi connectivity index (χ1v) is 12.8. The van der Waals surface area contributed by atoms with Crippen LogP contribution in [-0.4, -0.2) is 40.7 Å². The molecule has 0 saturated heterocycles. The molecule has 204 valence electrons. The SMILES string of the molecule is C=CCc1c(-c2ccccc2)nc2ccccc2c1C(=O)[N+](c1ccccc1)(N(C(=O)[O-])C(=O)OC)C(C)(C)C. The number of benzene rings is 3. The monoisotopic (exact) mass is 537 g/mol. The summed E-state index contributed by atoms with van der Waals surface area (Å²) in [5.74, 6) is -0.666. The summed E-state index contributed by atoms with van der Waals surface area (Å²) in [5.41, 5.74) is 1.65. The molecule has 8 nitrogen and oxygen atoms in total. The maximum absolute atomic E-state index is 15.3. The van der Waals surface area contributed by atoms with Crippen LogP contribution >= 0.6 is 0 Å². The van der Waals surface area contributed by atoms with Crippen molar-refractivity contribution in [3.05, 3.63) is 109 Å². The van der Waals surface area contributed by atoms with Gasteiger partial charge in [-0.25, -0.2) is 14.6 Å². The second-order valence-electron chi connectivity index (χ2n) is 10.2. The van der Waals surface area contributed by atoms with Crippen LogP contribution in [-0.2, 0) is 11.2 Å². The Labute approximate surface area is 233 Å². The molecule has 3 aromatic carbocycles. The third kappa shape index (κ3) is 4.63. The zero-order valence-electron chi connectivity index (χ0n) is 23.0. The molecule has 0 spiro atoms. The number of pyridine rings is 1. The fraction of sp³-hybridized carbons (Fsp3) is 0.188.